The molecule has 2 saturated heterocycles. The molecule has 7 nitrogen and oxygen atoms in total. The van der Waals surface area contributed by atoms with E-state index in [1.165, 1.54) is 0 Å². The molecule has 1 N–H and O–H groups in total. The van der Waals surface area contributed by atoms with Gasteiger partial charge in [-0.15, -0.1) is 0 Å². The van der Waals surface area contributed by atoms with Gasteiger partial charge in [0.05, 0.1) is 13.0 Å². The second kappa shape index (κ2) is 8.63. The number of nitrogens with one attached hydrogen (secondary N) is 1. The van der Waals surface area contributed by atoms with Crippen LogP contribution in [0, 0.1) is 5.92 Å². The van der Waals surface area contributed by atoms with Crippen LogP contribution in [-0.4, -0.2) is 66.3 Å². The Labute approximate surface area is 166 Å². The van der Waals surface area contributed by atoms with E-state index in [9.17, 15) is 14.4 Å². The van der Waals surface area contributed by atoms with Crippen molar-refractivity contribution in [1.82, 2.24) is 15.1 Å². The van der Waals surface area contributed by atoms with Crippen LogP contribution >= 0.6 is 0 Å². The minimum Gasteiger partial charge on any atom is -0.497 e. The molecule has 2 aliphatic heterocycles. The van der Waals surface area contributed by atoms with Crippen LogP contribution in [0.2, 0.25) is 0 Å². The lowest BCUT2D eigenvalue weighted by molar-refractivity contribution is -0.130. The number of hydrogen-bond donors (Lipinski definition) is 1. The summed E-state index contributed by atoms with van der Waals surface area (Å²) in [5, 5.41) is 3.08. The zero-order valence-corrected chi connectivity index (χ0v) is 16.8. The second-order valence-electron chi connectivity index (χ2n) is 7.85. The Morgan fingerprint density at radius 1 is 1.21 bits per heavy atom. The lowest BCUT2D eigenvalue weighted by Crippen LogP contribution is -2.48. The zero-order valence-electron chi connectivity index (χ0n) is 16.8. The zero-order chi connectivity index (χ0) is 20.3. The highest BCUT2D eigenvalue weighted by molar-refractivity contribution is 5.94. The fourth-order valence-corrected chi connectivity index (χ4v) is 3.89. The molecule has 1 unspecified atom stereocenters. The first-order chi connectivity index (χ1) is 13.4. The van der Waals surface area contributed by atoms with Gasteiger partial charge < -0.3 is 19.9 Å². The summed E-state index contributed by atoms with van der Waals surface area (Å²) >= 11 is 0. The third kappa shape index (κ3) is 4.46. The molecule has 0 aliphatic carbocycles. The highest BCUT2D eigenvalue weighted by Crippen LogP contribution is 2.22. The standard InChI is InChI=1S/C21H29N3O4/c1-14(2)24-13-16(12-19(24)25)20(26)22-17-7-9-23(10-8-17)21(27)15-5-4-6-18(11-15)28-3/h4-6,11,14,16-17H,7-10,12-13H2,1-3H3,(H,22,26). The van der Waals surface area contributed by atoms with Crippen LogP contribution in [0.25, 0.3) is 0 Å². The average Bonchev–Trinajstić information content (AvgIpc) is 3.10. The van der Waals surface area contributed by atoms with Crippen molar-refractivity contribution in [3.05, 3.63) is 29.8 Å². The van der Waals surface area contributed by atoms with Gasteiger partial charge in [0, 0.05) is 43.7 Å². The molecule has 3 rings (SSSR count). The van der Waals surface area contributed by atoms with Crippen LogP contribution < -0.4 is 10.1 Å². The lowest BCUT2D eigenvalue weighted by atomic mass is 10.0. The normalized spacial score (nSPS) is 20.6. The summed E-state index contributed by atoms with van der Waals surface area (Å²) in [6.07, 6.45) is 1.73. The third-order valence-corrected chi connectivity index (χ3v) is 5.60. The molecule has 0 spiro atoms. The topological polar surface area (TPSA) is 79.0 Å². The van der Waals surface area contributed by atoms with Crippen molar-refractivity contribution in [2.45, 2.75) is 45.2 Å². The van der Waals surface area contributed by atoms with Crippen molar-refractivity contribution in [3.8, 4) is 5.75 Å². The molecule has 7 heteroatoms. The van der Waals surface area contributed by atoms with E-state index in [4.69, 9.17) is 4.74 Å². The quantitative estimate of drug-likeness (QED) is 0.834. The molecule has 1 aromatic rings. The minimum absolute atomic E-state index is 0.0161. The van der Waals surface area contributed by atoms with Gasteiger partial charge >= 0.3 is 0 Å². The molecule has 3 amide bonds. The Morgan fingerprint density at radius 3 is 2.54 bits per heavy atom. The monoisotopic (exact) mass is 387 g/mol. The maximum atomic E-state index is 12.7. The van der Waals surface area contributed by atoms with Gasteiger partial charge in [0.1, 0.15) is 5.75 Å². The van der Waals surface area contributed by atoms with Gasteiger partial charge in [-0.2, -0.15) is 0 Å². The van der Waals surface area contributed by atoms with E-state index < -0.39 is 0 Å². The molecule has 1 aromatic carbocycles. The maximum absolute atomic E-state index is 12.7. The van der Waals surface area contributed by atoms with E-state index in [1.807, 2.05) is 30.9 Å². The van der Waals surface area contributed by atoms with E-state index in [0.717, 1.165) is 12.8 Å². The number of nitrogens with zero attached hydrogens (tertiary/aromatic N) is 2. The van der Waals surface area contributed by atoms with Crippen molar-refractivity contribution in [2.75, 3.05) is 26.7 Å². The highest BCUT2D eigenvalue weighted by atomic mass is 16.5. The third-order valence-electron chi connectivity index (χ3n) is 5.60. The largest absolute Gasteiger partial charge is 0.497 e. The van der Waals surface area contributed by atoms with Gasteiger partial charge in [-0.05, 0) is 44.9 Å². The number of rotatable bonds is 5. The van der Waals surface area contributed by atoms with Crippen LogP contribution in [0.1, 0.15) is 43.5 Å². The summed E-state index contributed by atoms with van der Waals surface area (Å²) < 4.78 is 5.19. The number of likely N-dealkylation sites (tertiary alicyclic amines) is 2. The molecule has 0 saturated carbocycles. The number of ether oxygens (including phenoxy) is 1. The fraction of sp³-hybridized carbons (Fsp3) is 0.571. The smallest absolute Gasteiger partial charge is 0.253 e. The Kier molecular flexibility index (Phi) is 6.21. The molecule has 152 valence electrons. The fourth-order valence-electron chi connectivity index (χ4n) is 3.89. The number of carbonyl (C=O) groups excluding carboxylic acids is 3. The Bertz CT molecular complexity index is 741. The van der Waals surface area contributed by atoms with Crippen molar-refractivity contribution >= 4 is 17.7 Å². The molecule has 2 heterocycles. The van der Waals surface area contributed by atoms with Crippen molar-refractivity contribution < 1.29 is 19.1 Å². The molecule has 28 heavy (non-hydrogen) atoms. The Hall–Kier alpha value is -2.57. The molecule has 1 atom stereocenters. The van der Waals surface area contributed by atoms with E-state index in [-0.39, 0.29) is 42.1 Å². The summed E-state index contributed by atoms with van der Waals surface area (Å²) in [6.45, 7) is 5.63. The summed E-state index contributed by atoms with van der Waals surface area (Å²) in [6, 6.07) is 7.32. The summed E-state index contributed by atoms with van der Waals surface area (Å²) in [5.41, 5.74) is 0.611. The van der Waals surface area contributed by atoms with Crippen LogP contribution in [0.15, 0.2) is 24.3 Å². The van der Waals surface area contributed by atoms with Gasteiger partial charge in [0.25, 0.3) is 5.91 Å². The average molecular weight is 387 g/mol. The number of carbonyl (C=O) groups is 3. The van der Waals surface area contributed by atoms with Crippen LogP contribution in [0.4, 0.5) is 0 Å². The number of methoxy groups -OCH3 is 1. The first kappa shape index (κ1) is 20.2. The van der Waals surface area contributed by atoms with Gasteiger partial charge in [0.2, 0.25) is 11.8 Å². The Balaban J connectivity index is 1.49. The van der Waals surface area contributed by atoms with Gasteiger partial charge in [-0.3, -0.25) is 14.4 Å². The van der Waals surface area contributed by atoms with E-state index in [2.05, 4.69) is 5.32 Å². The number of piperidine rings is 1. The van der Waals surface area contributed by atoms with E-state index in [1.54, 1.807) is 24.1 Å². The number of hydrogen-bond acceptors (Lipinski definition) is 4. The molecule has 0 bridgehead atoms. The van der Waals surface area contributed by atoms with Crippen LogP contribution in [0.5, 0.6) is 5.75 Å². The molecule has 2 aliphatic rings. The minimum atomic E-state index is -0.272. The maximum Gasteiger partial charge on any atom is 0.253 e. The molecule has 2 fully saturated rings. The van der Waals surface area contributed by atoms with Crippen molar-refractivity contribution in [3.63, 3.8) is 0 Å². The van der Waals surface area contributed by atoms with Crippen molar-refractivity contribution in [1.29, 1.82) is 0 Å². The molecule has 0 aromatic heterocycles. The highest BCUT2D eigenvalue weighted by Gasteiger charge is 2.36. The first-order valence-corrected chi connectivity index (χ1v) is 9.92. The van der Waals surface area contributed by atoms with E-state index >= 15 is 0 Å². The first-order valence-electron chi connectivity index (χ1n) is 9.92. The van der Waals surface area contributed by atoms with Crippen molar-refractivity contribution in [2.24, 2.45) is 5.92 Å². The number of benzene rings is 1. The lowest BCUT2D eigenvalue weighted by Gasteiger charge is -2.33. The summed E-state index contributed by atoms with van der Waals surface area (Å²) in [4.78, 5) is 40.8. The van der Waals surface area contributed by atoms with Crippen LogP contribution in [-0.2, 0) is 9.59 Å². The van der Waals surface area contributed by atoms with E-state index in [0.29, 0.717) is 30.9 Å². The molecular formula is C21H29N3O4. The second-order valence-corrected chi connectivity index (χ2v) is 7.85. The molecule has 0 radical (unpaired) electrons. The predicted molar refractivity (Wildman–Crippen MR) is 105 cm³/mol. The number of amides is 3. The SMILES string of the molecule is COc1cccc(C(=O)N2CCC(NC(=O)C3CC(=O)N(C(C)C)C3)CC2)c1. The predicted octanol–water partition coefficient (Wildman–Crippen LogP) is 1.67. The summed E-state index contributed by atoms with van der Waals surface area (Å²) in [5.74, 6) is 0.376. The van der Waals surface area contributed by atoms with Gasteiger partial charge in [0.15, 0.2) is 0 Å². The van der Waals surface area contributed by atoms with Gasteiger partial charge in [-0.1, -0.05) is 6.07 Å². The molecular weight excluding hydrogens is 358 g/mol. The van der Waals surface area contributed by atoms with Gasteiger partial charge in [-0.25, -0.2) is 0 Å². The summed E-state index contributed by atoms with van der Waals surface area (Å²) in [7, 11) is 1.58. The Morgan fingerprint density at radius 2 is 1.93 bits per heavy atom. The van der Waals surface area contributed by atoms with Crippen LogP contribution in [0.3, 0.4) is 0 Å².